The van der Waals surface area contributed by atoms with E-state index in [0.29, 0.717) is 35.7 Å². The van der Waals surface area contributed by atoms with E-state index in [9.17, 15) is 4.79 Å². The highest BCUT2D eigenvalue weighted by atomic mass is 16.7. The fourth-order valence-electron chi connectivity index (χ4n) is 5.59. The van der Waals surface area contributed by atoms with Gasteiger partial charge in [0.25, 0.3) is 0 Å². The molecule has 2 aliphatic rings. The summed E-state index contributed by atoms with van der Waals surface area (Å²) in [5.74, 6) is 3.10. The molecule has 0 N–H and O–H groups in total. The molecule has 0 saturated heterocycles. The first-order valence-electron chi connectivity index (χ1n) is 13.5. The maximum atomic E-state index is 12.4. The van der Waals surface area contributed by atoms with Crippen molar-refractivity contribution >= 4 is 6.16 Å². The number of methoxy groups -OCH3 is 1. The van der Waals surface area contributed by atoms with Crippen LogP contribution in [0.2, 0.25) is 0 Å². The van der Waals surface area contributed by atoms with Gasteiger partial charge in [0.2, 0.25) is 6.29 Å². The smallest absolute Gasteiger partial charge is 0.493 e. The van der Waals surface area contributed by atoms with Crippen LogP contribution in [0.5, 0.6) is 17.2 Å². The maximum Gasteiger partial charge on any atom is 0.514 e. The van der Waals surface area contributed by atoms with Crippen molar-refractivity contribution in [3.05, 3.63) is 53.6 Å². The van der Waals surface area contributed by atoms with E-state index in [0.717, 1.165) is 12.0 Å². The lowest BCUT2D eigenvalue weighted by Crippen LogP contribution is -2.40. The van der Waals surface area contributed by atoms with Crippen molar-refractivity contribution in [2.75, 3.05) is 7.11 Å². The van der Waals surface area contributed by atoms with Crippen LogP contribution >= 0.6 is 0 Å². The summed E-state index contributed by atoms with van der Waals surface area (Å²) >= 11 is 0. The molecule has 1 fully saturated rings. The largest absolute Gasteiger partial charge is 0.514 e. The molecule has 6 heteroatoms. The van der Waals surface area contributed by atoms with Crippen molar-refractivity contribution in [1.82, 2.24) is 0 Å². The standard InChI is InChI=1S/C31H42O6/c1-19(2)22-14-13-20(3)15-25(22)34-29-17-23(21-11-9-8-10-12-21)24-16-27(33-7)28(18-26(24)35-29)36-30(32)37-31(4,5)6/h8-12,16,18-20,22-23,25,29H,13-15,17H2,1-7H3/t20-,22+,23+,25-,29-/m0/s1. The van der Waals surface area contributed by atoms with E-state index in [4.69, 9.17) is 23.7 Å². The highest BCUT2D eigenvalue weighted by molar-refractivity contribution is 5.67. The summed E-state index contributed by atoms with van der Waals surface area (Å²) in [6.45, 7) is 12.3. The van der Waals surface area contributed by atoms with Crippen LogP contribution in [0.25, 0.3) is 0 Å². The first kappa shape index (κ1) is 27.3. The van der Waals surface area contributed by atoms with E-state index in [1.165, 1.54) is 18.4 Å². The number of carbonyl (C=O) groups is 1. The molecule has 1 heterocycles. The quantitative estimate of drug-likeness (QED) is 0.293. The molecule has 0 amide bonds. The van der Waals surface area contributed by atoms with Crippen LogP contribution in [-0.2, 0) is 9.47 Å². The first-order chi connectivity index (χ1) is 17.5. The van der Waals surface area contributed by atoms with Gasteiger partial charge in [-0.2, -0.15) is 0 Å². The predicted octanol–water partition coefficient (Wildman–Crippen LogP) is 7.73. The molecular weight excluding hydrogens is 468 g/mol. The molecule has 0 aromatic heterocycles. The maximum absolute atomic E-state index is 12.4. The first-order valence-corrected chi connectivity index (χ1v) is 13.5. The number of ether oxygens (including phenoxy) is 5. The second-order valence-electron chi connectivity index (χ2n) is 11.9. The van der Waals surface area contributed by atoms with Crippen molar-refractivity contribution in [1.29, 1.82) is 0 Å². The van der Waals surface area contributed by atoms with Crippen molar-refractivity contribution in [3.63, 3.8) is 0 Å². The summed E-state index contributed by atoms with van der Waals surface area (Å²) in [6, 6.07) is 14.0. The molecule has 202 valence electrons. The molecule has 0 radical (unpaired) electrons. The lowest BCUT2D eigenvalue weighted by molar-refractivity contribution is -0.164. The molecule has 6 nitrogen and oxygen atoms in total. The number of hydrogen-bond donors (Lipinski definition) is 0. The summed E-state index contributed by atoms with van der Waals surface area (Å²) < 4.78 is 29.7. The van der Waals surface area contributed by atoms with Gasteiger partial charge in [-0.1, -0.05) is 57.5 Å². The summed E-state index contributed by atoms with van der Waals surface area (Å²) in [7, 11) is 1.56. The Morgan fingerprint density at radius 1 is 1.03 bits per heavy atom. The van der Waals surface area contributed by atoms with Gasteiger partial charge in [-0.05, 0) is 63.0 Å². The van der Waals surface area contributed by atoms with E-state index in [-0.39, 0.29) is 17.8 Å². The molecule has 0 unspecified atom stereocenters. The van der Waals surface area contributed by atoms with Crippen LogP contribution in [0.1, 0.15) is 84.3 Å². The minimum absolute atomic E-state index is 0.0536. The van der Waals surface area contributed by atoms with Crippen molar-refractivity contribution in [3.8, 4) is 17.2 Å². The lowest BCUT2D eigenvalue weighted by atomic mass is 9.75. The van der Waals surface area contributed by atoms with Gasteiger partial charge in [0, 0.05) is 24.0 Å². The molecule has 0 bridgehead atoms. The van der Waals surface area contributed by atoms with E-state index in [1.54, 1.807) is 33.9 Å². The normalized spacial score (nSPS) is 25.7. The van der Waals surface area contributed by atoms with E-state index >= 15 is 0 Å². The molecule has 1 aliphatic carbocycles. The second-order valence-corrected chi connectivity index (χ2v) is 11.9. The molecule has 0 spiro atoms. The predicted molar refractivity (Wildman–Crippen MR) is 143 cm³/mol. The molecule has 37 heavy (non-hydrogen) atoms. The van der Waals surface area contributed by atoms with Gasteiger partial charge in [-0.25, -0.2) is 4.79 Å². The van der Waals surface area contributed by atoms with Gasteiger partial charge in [0.15, 0.2) is 11.5 Å². The molecule has 1 aliphatic heterocycles. The number of hydrogen-bond acceptors (Lipinski definition) is 6. The lowest BCUT2D eigenvalue weighted by Gasteiger charge is -2.41. The average Bonchev–Trinajstić information content (AvgIpc) is 2.82. The summed E-state index contributed by atoms with van der Waals surface area (Å²) in [6.07, 6.45) is 3.13. The highest BCUT2D eigenvalue weighted by Crippen LogP contribution is 2.47. The minimum atomic E-state index is -0.787. The van der Waals surface area contributed by atoms with Crippen LogP contribution in [-0.4, -0.2) is 31.3 Å². The minimum Gasteiger partial charge on any atom is -0.493 e. The van der Waals surface area contributed by atoms with Crippen molar-refractivity contribution < 1.29 is 28.5 Å². The average molecular weight is 511 g/mol. The molecule has 5 atom stereocenters. The second kappa shape index (κ2) is 11.3. The third-order valence-corrected chi connectivity index (χ3v) is 7.43. The van der Waals surface area contributed by atoms with Crippen LogP contribution in [0.3, 0.4) is 0 Å². The molecule has 4 rings (SSSR count). The Kier molecular flexibility index (Phi) is 8.37. The van der Waals surface area contributed by atoms with E-state index < -0.39 is 18.0 Å². The fraction of sp³-hybridized carbons (Fsp3) is 0.581. The number of rotatable bonds is 6. The summed E-state index contributed by atoms with van der Waals surface area (Å²) in [5.41, 5.74) is 1.49. The van der Waals surface area contributed by atoms with Crippen LogP contribution in [0, 0.1) is 17.8 Å². The fourth-order valence-corrected chi connectivity index (χ4v) is 5.59. The van der Waals surface area contributed by atoms with Crippen LogP contribution < -0.4 is 14.2 Å². The SMILES string of the molecule is COc1cc2c(cc1OC(=O)OC(C)(C)C)O[C@H](O[C@H]1C[C@@H](C)CC[C@@H]1C(C)C)C[C@@H]2c1ccccc1. The van der Waals surface area contributed by atoms with Gasteiger partial charge in [0.1, 0.15) is 11.4 Å². The Hall–Kier alpha value is -2.73. The van der Waals surface area contributed by atoms with Crippen LogP contribution in [0.4, 0.5) is 4.79 Å². The van der Waals surface area contributed by atoms with Gasteiger partial charge in [0.05, 0.1) is 13.2 Å². The number of carbonyl (C=O) groups excluding carboxylic acids is 1. The summed E-state index contributed by atoms with van der Waals surface area (Å²) in [4.78, 5) is 12.4. The Labute approximate surface area is 221 Å². The van der Waals surface area contributed by atoms with Crippen molar-refractivity contribution in [2.45, 2.75) is 91.1 Å². The highest BCUT2D eigenvalue weighted by Gasteiger charge is 2.38. The van der Waals surface area contributed by atoms with Gasteiger partial charge >= 0.3 is 6.16 Å². The Bertz CT molecular complexity index is 1060. The summed E-state index contributed by atoms with van der Waals surface area (Å²) in [5, 5.41) is 0. The van der Waals surface area contributed by atoms with Gasteiger partial charge < -0.3 is 23.7 Å². The monoisotopic (exact) mass is 510 g/mol. The number of benzene rings is 2. The van der Waals surface area contributed by atoms with Gasteiger partial charge in [-0.3, -0.25) is 0 Å². The molecule has 2 aromatic rings. The van der Waals surface area contributed by atoms with E-state index in [1.807, 2.05) is 12.1 Å². The Morgan fingerprint density at radius 3 is 2.41 bits per heavy atom. The molecule has 1 saturated carbocycles. The van der Waals surface area contributed by atoms with E-state index in [2.05, 4.69) is 45.0 Å². The third kappa shape index (κ3) is 6.78. The molecule has 2 aromatic carbocycles. The zero-order valence-electron chi connectivity index (χ0n) is 23.3. The third-order valence-electron chi connectivity index (χ3n) is 7.43. The Balaban J connectivity index is 1.66. The molecular formula is C31H42O6. The van der Waals surface area contributed by atoms with Crippen molar-refractivity contribution in [2.24, 2.45) is 17.8 Å². The Morgan fingerprint density at radius 2 is 1.76 bits per heavy atom. The zero-order chi connectivity index (χ0) is 26.7. The van der Waals surface area contributed by atoms with Gasteiger partial charge in [-0.15, -0.1) is 0 Å². The van der Waals surface area contributed by atoms with Crippen LogP contribution in [0.15, 0.2) is 42.5 Å². The number of fused-ring (bicyclic) bond motifs is 1. The zero-order valence-corrected chi connectivity index (χ0v) is 23.3. The topological polar surface area (TPSA) is 63.2 Å².